The number of aromatic nitrogens is 2. The van der Waals surface area contributed by atoms with Gasteiger partial charge in [-0.3, -0.25) is 9.97 Å². The number of hydrogen-bond donors (Lipinski definition) is 0. The molecule has 2 nitrogen and oxygen atoms in total. The predicted octanol–water partition coefficient (Wildman–Crippen LogP) is 4.95. The Hall–Kier alpha value is -3.00. The lowest BCUT2D eigenvalue weighted by atomic mass is 9.70. The van der Waals surface area contributed by atoms with Crippen LogP contribution in [0.5, 0.6) is 0 Å². The van der Waals surface area contributed by atoms with Crippen LogP contribution >= 0.6 is 0 Å². The molecule has 0 aliphatic heterocycles. The number of rotatable bonds is 3. The molecule has 1 unspecified atom stereocenters. The molecule has 2 heterocycles. The standard InChI is InChI=1S/C22H18N2/c1-6-14-22(15-7-1,21-13-5-9-17-24-21)19-11-3-2-10-18(19)20-12-4-8-16-23-20/h1-14,16-17H,15H2. The monoisotopic (exact) mass is 310 g/mol. The largest absolute Gasteiger partial charge is 0.260 e. The average molecular weight is 310 g/mol. The summed E-state index contributed by atoms with van der Waals surface area (Å²) in [5.41, 5.74) is 4.19. The van der Waals surface area contributed by atoms with Crippen LogP contribution < -0.4 is 0 Å². The Labute approximate surface area is 142 Å². The molecular formula is C22H18N2. The van der Waals surface area contributed by atoms with Crippen molar-refractivity contribution in [3.05, 3.63) is 109 Å². The van der Waals surface area contributed by atoms with Crippen LogP contribution in [0.25, 0.3) is 11.3 Å². The second-order valence-corrected chi connectivity index (χ2v) is 5.94. The molecule has 0 radical (unpaired) electrons. The van der Waals surface area contributed by atoms with Crippen molar-refractivity contribution >= 4 is 0 Å². The van der Waals surface area contributed by atoms with Crippen molar-refractivity contribution in [2.45, 2.75) is 11.8 Å². The second-order valence-electron chi connectivity index (χ2n) is 5.94. The summed E-state index contributed by atoms with van der Waals surface area (Å²) in [6.07, 6.45) is 13.3. The third-order valence-electron chi connectivity index (χ3n) is 4.54. The average Bonchev–Trinajstić information content (AvgIpc) is 2.70. The molecule has 24 heavy (non-hydrogen) atoms. The first-order chi connectivity index (χ1) is 11.9. The van der Waals surface area contributed by atoms with Gasteiger partial charge < -0.3 is 0 Å². The van der Waals surface area contributed by atoms with Gasteiger partial charge in [0.25, 0.3) is 0 Å². The van der Waals surface area contributed by atoms with E-state index in [9.17, 15) is 0 Å². The highest BCUT2D eigenvalue weighted by Crippen LogP contribution is 2.42. The van der Waals surface area contributed by atoms with Crippen molar-refractivity contribution < 1.29 is 0 Å². The van der Waals surface area contributed by atoms with Gasteiger partial charge >= 0.3 is 0 Å². The Morgan fingerprint density at radius 1 is 0.750 bits per heavy atom. The molecular weight excluding hydrogens is 292 g/mol. The van der Waals surface area contributed by atoms with Gasteiger partial charge in [-0.05, 0) is 36.2 Å². The van der Waals surface area contributed by atoms with E-state index in [0.29, 0.717) is 0 Å². The quantitative estimate of drug-likeness (QED) is 0.684. The lowest BCUT2D eigenvalue weighted by Crippen LogP contribution is -2.28. The fourth-order valence-corrected chi connectivity index (χ4v) is 3.39. The fraction of sp³-hybridized carbons (Fsp3) is 0.0909. The van der Waals surface area contributed by atoms with Gasteiger partial charge in [0, 0.05) is 18.0 Å². The topological polar surface area (TPSA) is 25.8 Å². The van der Waals surface area contributed by atoms with E-state index in [1.807, 2.05) is 30.6 Å². The molecule has 0 spiro atoms. The predicted molar refractivity (Wildman–Crippen MR) is 97.6 cm³/mol. The van der Waals surface area contributed by atoms with Crippen molar-refractivity contribution in [2.24, 2.45) is 0 Å². The molecule has 3 aromatic rings. The highest BCUT2D eigenvalue weighted by molar-refractivity contribution is 5.68. The molecule has 0 amide bonds. The molecule has 1 aliphatic rings. The first-order valence-electron chi connectivity index (χ1n) is 8.17. The van der Waals surface area contributed by atoms with Crippen LogP contribution in [0, 0.1) is 0 Å². The molecule has 116 valence electrons. The minimum Gasteiger partial charge on any atom is -0.260 e. The van der Waals surface area contributed by atoms with Gasteiger partial charge in [0.15, 0.2) is 0 Å². The molecule has 0 N–H and O–H groups in total. The van der Waals surface area contributed by atoms with Gasteiger partial charge in [-0.2, -0.15) is 0 Å². The third kappa shape index (κ3) is 2.46. The summed E-state index contributed by atoms with van der Waals surface area (Å²) in [6.45, 7) is 0. The van der Waals surface area contributed by atoms with E-state index in [0.717, 1.165) is 23.4 Å². The third-order valence-corrected chi connectivity index (χ3v) is 4.54. The number of nitrogens with zero attached hydrogens (tertiary/aromatic N) is 2. The molecule has 1 aliphatic carbocycles. The zero-order chi connectivity index (χ0) is 16.2. The van der Waals surface area contributed by atoms with Gasteiger partial charge in [0.2, 0.25) is 0 Å². The summed E-state index contributed by atoms with van der Waals surface area (Å²) in [5.74, 6) is 0. The molecule has 1 atom stereocenters. The summed E-state index contributed by atoms with van der Waals surface area (Å²) in [7, 11) is 0. The van der Waals surface area contributed by atoms with Crippen molar-refractivity contribution in [1.29, 1.82) is 0 Å². The Kier molecular flexibility index (Phi) is 3.80. The Morgan fingerprint density at radius 3 is 2.25 bits per heavy atom. The zero-order valence-electron chi connectivity index (χ0n) is 13.3. The van der Waals surface area contributed by atoms with Crippen LogP contribution in [0.3, 0.4) is 0 Å². The molecule has 4 rings (SSSR count). The molecule has 0 fully saturated rings. The van der Waals surface area contributed by atoms with Crippen LogP contribution in [-0.4, -0.2) is 9.97 Å². The number of pyridine rings is 2. The van der Waals surface area contributed by atoms with E-state index in [1.165, 1.54) is 5.56 Å². The SMILES string of the molecule is C1=CCC(c2ccccn2)(c2ccccc2-c2ccccn2)C=C1. The first kappa shape index (κ1) is 14.6. The molecule has 0 saturated carbocycles. The highest BCUT2D eigenvalue weighted by atomic mass is 14.7. The summed E-state index contributed by atoms with van der Waals surface area (Å²) in [6, 6.07) is 20.7. The molecule has 0 saturated heterocycles. The van der Waals surface area contributed by atoms with Crippen LogP contribution in [0.15, 0.2) is 97.4 Å². The summed E-state index contributed by atoms with van der Waals surface area (Å²) >= 11 is 0. The van der Waals surface area contributed by atoms with E-state index in [1.54, 1.807) is 0 Å². The van der Waals surface area contributed by atoms with Gasteiger partial charge in [-0.25, -0.2) is 0 Å². The van der Waals surface area contributed by atoms with Gasteiger partial charge in [-0.15, -0.1) is 0 Å². The minimum absolute atomic E-state index is 0.260. The lowest BCUT2D eigenvalue weighted by Gasteiger charge is -2.33. The van der Waals surface area contributed by atoms with Gasteiger partial charge in [0.05, 0.1) is 16.8 Å². The molecule has 2 aromatic heterocycles. The Balaban J connectivity index is 1.96. The maximum absolute atomic E-state index is 4.68. The van der Waals surface area contributed by atoms with E-state index < -0.39 is 0 Å². The minimum atomic E-state index is -0.260. The van der Waals surface area contributed by atoms with E-state index in [4.69, 9.17) is 0 Å². The first-order valence-corrected chi connectivity index (χ1v) is 8.17. The molecule has 2 heteroatoms. The Bertz CT molecular complexity index is 882. The van der Waals surface area contributed by atoms with Crippen molar-refractivity contribution in [1.82, 2.24) is 9.97 Å². The maximum atomic E-state index is 4.68. The van der Waals surface area contributed by atoms with Crippen LogP contribution in [-0.2, 0) is 5.41 Å². The maximum Gasteiger partial charge on any atom is 0.0705 e. The molecule has 0 bridgehead atoms. The summed E-state index contributed by atoms with van der Waals surface area (Å²) in [4.78, 5) is 9.25. The lowest BCUT2D eigenvalue weighted by molar-refractivity contribution is 0.626. The van der Waals surface area contributed by atoms with Crippen molar-refractivity contribution in [3.63, 3.8) is 0 Å². The van der Waals surface area contributed by atoms with E-state index >= 15 is 0 Å². The van der Waals surface area contributed by atoms with Gasteiger partial charge in [-0.1, -0.05) is 60.7 Å². The number of benzene rings is 1. The van der Waals surface area contributed by atoms with E-state index in [2.05, 4.69) is 76.7 Å². The Morgan fingerprint density at radius 2 is 1.54 bits per heavy atom. The van der Waals surface area contributed by atoms with Crippen molar-refractivity contribution in [3.8, 4) is 11.3 Å². The zero-order valence-corrected chi connectivity index (χ0v) is 13.3. The normalized spacial score (nSPS) is 19.3. The van der Waals surface area contributed by atoms with Crippen LogP contribution in [0.1, 0.15) is 17.7 Å². The fourth-order valence-electron chi connectivity index (χ4n) is 3.39. The smallest absolute Gasteiger partial charge is 0.0705 e. The van der Waals surface area contributed by atoms with Gasteiger partial charge in [0.1, 0.15) is 0 Å². The summed E-state index contributed by atoms with van der Waals surface area (Å²) in [5, 5.41) is 0. The second kappa shape index (κ2) is 6.25. The highest BCUT2D eigenvalue weighted by Gasteiger charge is 2.35. The number of hydrogen-bond acceptors (Lipinski definition) is 2. The van der Waals surface area contributed by atoms with Crippen LogP contribution in [0.4, 0.5) is 0 Å². The van der Waals surface area contributed by atoms with E-state index in [-0.39, 0.29) is 5.41 Å². The summed E-state index contributed by atoms with van der Waals surface area (Å²) < 4.78 is 0. The molecule has 1 aromatic carbocycles. The van der Waals surface area contributed by atoms with Crippen LogP contribution in [0.2, 0.25) is 0 Å². The van der Waals surface area contributed by atoms with Crippen molar-refractivity contribution in [2.75, 3.05) is 0 Å². The number of allylic oxidation sites excluding steroid dienone is 4.